The largest absolute Gasteiger partial charge is 0.744 e. The molecule has 0 fully saturated rings. The van der Waals surface area contributed by atoms with E-state index in [4.69, 9.17) is 4.74 Å². The lowest BCUT2D eigenvalue weighted by Gasteiger charge is -2.16. The molecule has 0 amide bonds. The lowest BCUT2D eigenvalue weighted by molar-refractivity contribution is 0.198. The summed E-state index contributed by atoms with van der Waals surface area (Å²) in [5.41, 5.74) is 0.872. The number of hydrogen-bond donors (Lipinski definition) is 0. The molecule has 0 spiro atoms. The summed E-state index contributed by atoms with van der Waals surface area (Å²) < 4.78 is 97.3. The zero-order chi connectivity index (χ0) is 20.4. The van der Waals surface area contributed by atoms with E-state index in [0.29, 0.717) is 5.75 Å². The lowest BCUT2D eigenvalue weighted by atomic mass is 10.0. The van der Waals surface area contributed by atoms with E-state index in [1.165, 1.54) is 0 Å². The molecule has 0 unspecified atom stereocenters. The monoisotopic (exact) mass is 407 g/mol. The van der Waals surface area contributed by atoms with Crippen molar-refractivity contribution in [3.63, 3.8) is 0 Å². The van der Waals surface area contributed by atoms with Crippen LogP contribution in [-0.2, 0) is 10.1 Å². The summed E-state index contributed by atoms with van der Waals surface area (Å²) in [7, 11) is -5.76. The predicted molar refractivity (Wildman–Crippen MR) is 85.8 cm³/mol. The SMILES string of the molecule is CC(C)c1ccccc1OCCOc1c(F)c(F)c(S(=O)(=O)[O-])c(F)c1F. The Bertz CT molecular complexity index is 916. The van der Waals surface area contributed by atoms with Crippen molar-refractivity contribution in [2.75, 3.05) is 13.2 Å². The zero-order valence-corrected chi connectivity index (χ0v) is 15.1. The third kappa shape index (κ3) is 4.51. The molecule has 0 bridgehead atoms. The van der Waals surface area contributed by atoms with E-state index in [0.717, 1.165) is 5.56 Å². The molecule has 10 heteroatoms. The summed E-state index contributed by atoms with van der Waals surface area (Å²) in [6.07, 6.45) is 0. The molecule has 0 atom stereocenters. The van der Waals surface area contributed by atoms with E-state index < -0.39 is 50.6 Å². The summed E-state index contributed by atoms with van der Waals surface area (Å²) in [6, 6.07) is 7.02. The number of rotatable bonds is 7. The van der Waals surface area contributed by atoms with E-state index in [2.05, 4.69) is 4.74 Å². The Hall–Kier alpha value is -2.33. The summed E-state index contributed by atoms with van der Waals surface area (Å²) in [4.78, 5) is -2.23. The van der Waals surface area contributed by atoms with Gasteiger partial charge in [0, 0.05) is 0 Å². The van der Waals surface area contributed by atoms with Crippen LogP contribution in [-0.4, -0.2) is 26.2 Å². The molecule has 148 valence electrons. The van der Waals surface area contributed by atoms with Crippen molar-refractivity contribution in [1.29, 1.82) is 0 Å². The first kappa shape index (κ1) is 21.0. The minimum absolute atomic E-state index is 0.141. The van der Waals surface area contributed by atoms with Crippen LogP contribution in [0.15, 0.2) is 29.2 Å². The van der Waals surface area contributed by atoms with Crippen LogP contribution in [0.4, 0.5) is 17.6 Å². The van der Waals surface area contributed by atoms with Crippen LogP contribution in [0.25, 0.3) is 0 Å². The van der Waals surface area contributed by atoms with Gasteiger partial charge < -0.3 is 14.0 Å². The molecule has 0 saturated heterocycles. The first-order valence-corrected chi connectivity index (χ1v) is 9.12. The molecule has 0 N–H and O–H groups in total. The normalized spacial score (nSPS) is 11.7. The van der Waals surface area contributed by atoms with Crippen LogP contribution in [0.2, 0.25) is 0 Å². The molecule has 0 aliphatic carbocycles. The van der Waals surface area contributed by atoms with Gasteiger partial charge in [0.2, 0.25) is 11.6 Å². The molecular formula is C17H15F4O5S-. The second-order valence-electron chi connectivity index (χ2n) is 5.76. The standard InChI is InChI=1S/C17H16F4O5S/c1-9(2)10-5-3-4-6-11(10)25-7-8-26-16-12(18)14(20)17(27(22,23)24)15(21)13(16)19/h3-6,9H,7-8H2,1-2H3,(H,22,23,24)/p-1. The van der Waals surface area contributed by atoms with E-state index in [1.54, 1.807) is 18.2 Å². The Morgan fingerprint density at radius 2 is 1.44 bits per heavy atom. The maximum atomic E-state index is 13.8. The molecule has 2 aromatic carbocycles. The molecular weight excluding hydrogens is 392 g/mol. The van der Waals surface area contributed by atoms with Crippen molar-refractivity contribution in [2.45, 2.75) is 24.7 Å². The topological polar surface area (TPSA) is 75.7 Å². The van der Waals surface area contributed by atoms with Crippen LogP contribution in [0, 0.1) is 23.3 Å². The number of ether oxygens (including phenoxy) is 2. The van der Waals surface area contributed by atoms with Gasteiger partial charge in [-0.1, -0.05) is 32.0 Å². The van der Waals surface area contributed by atoms with Crippen LogP contribution in [0.3, 0.4) is 0 Å². The minimum atomic E-state index is -5.76. The van der Waals surface area contributed by atoms with Crippen LogP contribution in [0.1, 0.15) is 25.3 Å². The molecule has 0 aromatic heterocycles. The molecule has 0 heterocycles. The van der Waals surface area contributed by atoms with Crippen molar-refractivity contribution in [1.82, 2.24) is 0 Å². The van der Waals surface area contributed by atoms with Gasteiger partial charge in [0.05, 0.1) is 0 Å². The highest BCUT2D eigenvalue weighted by Crippen LogP contribution is 2.32. The van der Waals surface area contributed by atoms with Crippen molar-refractivity contribution < 1.29 is 40.0 Å². The number of hydrogen-bond acceptors (Lipinski definition) is 5. The molecule has 5 nitrogen and oxygen atoms in total. The Kier molecular flexibility index (Phi) is 6.32. The Morgan fingerprint density at radius 1 is 0.926 bits per heavy atom. The summed E-state index contributed by atoms with van der Waals surface area (Å²) in [6.45, 7) is 3.15. The fraction of sp³-hybridized carbons (Fsp3) is 0.294. The number of para-hydroxylation sites is 1. The van der Waals surface area contributed by atoms with Gasteiger partial charge in [-0.2, -0.15) is 8.78 Å². The zero-order valence-electron chi connectivity index (χ0n) is 14.3. The fourth-order valence-corrected chi connectivity index (χ4v) is 2.94. The molecule has 0 radical (unpaired) electrons. The molecule has 0 saturated carbocycles. The first-order chi connectivity index (χ1) is 12.6. The van der Waals surface area contributed by atoms with E-state index >= 15 is 0 Å². The van der Waals surface area contributed by atoms with Gasteiger partial charge in [0.25, 0.3) is 0 Å². The quantitative estimate of drug-likeness (QED) is 0.303. The van der Waals surface area contributed by atoms with Gasteiger partial charge in [0.1, 0.15) is 34.0 Å². The van der Waals surface area contributed by atoms with Crippen molar-refractivity contribution in [3.8, 4) is 11.5 Å². The predicted octanol–water partition coefficient (Wildman–Crippen LogP) is 3.73. The highest BCUT2D eigenvalue weighted by molar-refractivity contribution is 7.85. The number of benzene rings is 2. The Morgan fingerprint density at radius 3 is 1.96 bits per heavy atom. The average Bonchev–Trinajstić information content (AvgIpc) is 2.58. The third-order valence-electron chi connectivity index (χ3n) is 3.56. The van der Waals surface area contributed by atoms with Crippen LogP contribution in [0.5, 0.6) is 11.5 Å². The Balaban J connectivity index is 2.16. The first-order valence-electron chi connectivity index (χ1n) is 7.72. The average molecular weight is 407 g/mol. The summed E-state index contributed by atoms with van der Waals surface area (Å²) >= 11 is 0. The van der Waals surface area contributed by atoms with Gasteiger partial charge in [-0.25, -0.2) is 17.2 Å². The van der Waals surface area contributed by atoms with Crippen molar-refractivity contribution in [2.24, 2.45) is 0 Å². The molecule has 0 aliphatic heterocycles. The van der Waals surface area contributed by atoms with E-state index in [9.17, 15) is 30.5 Å². The van der Waals surface area contributed by atoms with Crippen LogP contribution >= 0.6 is 0 Å². The summed E-state index contributed by atoms with van der Waals surface area (Å²) in [5, 5.41) is 0. The molecule has 0 aliphatic rings. The van der Waals surface area contributed by atoms with Gasteiger partial charge in [-0.05, 0) is 17.5 Å². The van der Waals surface area contributed by atoms with Crippen molar-refractivity contribution >= 4 is 10.1 Å². The van der Waals surface area contributed by atoms with Gasteiger partial charge in [-0.15, -0.1) is 0 Å². The second-order valence-corrected chi connectivity index (χ2v) is 7.07. The van der Waals surface area contributed by atoms with Crippen LogP contribution < -0.4 is 9.47 Å². The van der Waals surface area contributed by atoms with E-state index in [-0.39, 0.29) is 12.5 Å². The molecule has 27 heavy (non-hydrogen) atoms. The molecule has 2 aromatic rings. The minimum Gasteiger partial charge on any atom is -0.744 e. The molecule has 2 rings (SSSR count). The maximum absolute atomic E-state index is 13.8. The lowest BCUT2D eigenvalue weighted by Crippen LogP contribution is -2.15. The summed E-state index contributed by atoms with van der Waals surface area (Å²) in [5.74, 6) is -9.76. The highest BCUT2D eigenvalue weighted by Gasteiger charge is 2.30. The van der Waals surface area contributed by atoms with E-state index in [1.807, 2.05) is 19.9 Å². The highest BCUT2D eigenvalue weighted by atomic mass is 32.2. The smallest absolute Gasteiger partial charge is 0.205 e. The van der Waals surface area contributed by atoms with Crippen molar-refractivity contribution in [3.05, 3.63) is 53.1 Å². The Labute approximate surface area is 153 Å². The fourth-order valence-electron chi connectivity index (χ4n) is 2.32. The van der Waals surface area contributed by atoms with Gasteiger partial charge in [0.15, 0.2) is 17.4 Å². The third-order valence-corrected chi connectivity index (χ3v) is 4.42. The maximum Gasteiger partial charge on any atom is 0.205 e. The second kappa shape index (κ2) is 8.13. The number of halogens is 4. The van der Waals surface area contributed by atoms with Gasteiger partial charge in [-0.3, -0.25) is 0 Å². The van der Waals surface area contributed by atoms with Gasteiger partial charge >= 0.3 is 0 Å².